The molecule has 1 N–H and O–H groups in total. The summed E-state index contributed by atoms with van der Waals surface area (Å²) in [5.41, 5.74) is 2.33. The van der Waals surface area contributed by atoms with Crippen molar-refractivity contribution in [3.63, 3.8) is 0 Å². The van der Waals surface area contributed by atoms with E-state index in [-0.39, 0.29) is 6.10 Å². The lowest BCUT2D eigenvalue weighted by Gasteiger charge is -2.63. The second-order valence-corrected chi connectivity index (χ2v) is 14.9. The number of hydrogen-bond donors (Lipinski definition) is 1. The molecule has 0 aromatic heterocycles. The van der Waals surface area contributed by atoms with Gasteiger partial charge in [-0.15, -0.1) is 0 Å². The average molecular weight is 509 g/mol. The second kappa shape index (κ2) is 10.9. The van der Waals surface area contributed by atoms with Gasteiger partial charge in [0.15, 0.2) is 0 Å². The van der Waals surface area contributed by atoms with Crippen molar-refractivity contribution in [2.75, 3.05) is 7.11 Å². The van der Waals surface area contributed by atoms with Gasteiger partial charge in [0.25, 0.3) is 0 Å². The van der Waals surface area contributed by atoms with Crippen LogP contribution in [0.25, 0.3) is 0 Å². The van der Waals surface area contributed by atoms with Crippen LogP contribution in [0.2, 0.25) is 0 Å². The largest absolute Gasteiger partial charge is 0.497 e. The predicted molar refractivity (Wildman–Crippen MR) is 155 cm³/mol. The Hall–Kier alpha value is -1.02. The molecule has 0 unspecified atom stereocenters. The summed E-state index contributed by atoms with van der Waals surface area (Å²) in [6.07, 6.45) is 15.9. The molecule has 1 aromatic carbocycles. The van der Waals surface area contributed by atoms with Crippen molar-refractivity contribution in [1.29, 1.82) is 0 Å². The van der Waals surface area contributed by atoms with E-state index >= 15 is 0 Å². The molecule has 2 heteroatoms. The molecule has 0 aliphatic heterocycles. The predicted octanol–water partition coefficient (Wildman–Crippen LogP) is 8.95. The van der Waals surface area contributed by atoms with E-state index in [0.717, 1.165) is 54.1 Å². The first-order valence-corrected chi connectivity index (χ1v) is 16.0. The van der Waals surface area contributed by atoms with Crippen LogP contribution in [-0.2, 0) is 6.42 Å². The molecule has 0 spiro atoms. The molecule has 0 heterocycles. The minimum absolute atomic E-state index is 0.145. The summed E-state index contributed by atoms with van der Waals surface area (Å²) in [5, 5.41) is 11.2. The van der Waals surface area contributed by atoms with Gasteiger partial charge in [-0.2, -0.15) is 0 Å². The van der Waals surface area contributed by atoms with Crippen LogP contribution in [0.4, 0.5) is 0 Å². The standard InChI is InChI=1S/C35H56O2/c1-23(2)8-7-9-24(3)29-16-17-30-27-14-15-31-28(22-25-10-12-26(37-6)13-11-25)33(36)19-21-35(31,5)32(27)18-20-34(29,30)4/h10-13,23-24,27-33,36H,7-9,14-22H2,1-6H3/t24-,27+,28+,29-,30+,31+,32+,33+,34-,35+/m1/s1. The molecule has 5 rings (SSSR count). The summed E-state index contributed by atoms with van der Waals surface area (Å²) >= 11 is 0. The van der Waals surface area contributed by atoms with Crippen LogP contribution in [-0.4, -0.2) is 18.3 Å². The van der Waals surface area contributed by atoms with E-state index in [9.17, 15) is 5.11 Å². The summed E-state index contributed by atoms with van der Waals surface area (Å²) < 4.78 is 5.39. The Kier molecular flexibility index (Phi) is 8.09. The SMILES string of the molecule is COc1ccc(C[C@@H]2[C@@H](O)CC[C@@]3(C)[C@H]2CC[C@@H]2[C@@H]3CC[C@]3(C)[C@@H]([C@H](C)CCCC(C)C)CC[C@@H]23)cc1. The zero-order chi connectivity index (χ0) is 26.4. The highest BCUT2D eigenvalue weighted by atomic mass is 16.5. The Labute approximate surface area is 228 Å². The molecule has 0 radical (unpaired) electrons. The first-order valence-electron chi connectivity index (χ1n) is 16.0. The minimum atomic E-state index is -0.145. The van der Waals surface area contributed by atoms with Crippen molar-refractivity contribution in [3.05, 3.63) is 29.8 Å². The molecule has 0 amide bonds. The maximum absolute atomic E-state index is 11.2. The van der Waals surface area contributed by atoms with Gasteiger partial charge in [-0.25, -0.2) is 0 Å². The molecule has 0 bridgehead atoms. The fraction of sp³-hybridized carbons (Fsp3) is 0.829. The van der Waals surface area contributed by atoms with Crippen LogP contribution in [0.15, 0.2) is 24.3 Å². The molecular weight excluding hydrogens is 452 g/mol. The maximum Gasteiger partial charge on any atom is 0.118 e. The van der Waals surface area contributed by atoms with Crippen molar-refractivity contribution in [2.24, 2.45) is 58.2 Å². The topological polar surface area (TPSA) is 29.5 Å². The van der Waals surface area contributed by atoms with Crippen molar-refractivity contribution in [1.82, 2.24) is 0 Å². The third-order valence-electron chi connectivity index (χ3n) is 12.8. The number of aliphatic hydroxyl groups is 1. The Bertz CT molecular complexity index is 891. The van der Waals surface area contributed by atoms with E-state index < -0.39 is 0 Å². The van der Waals surface area contributed by atoms with E-state index in [1.54, 1.807) is 7.11 Å². The monoisotopic (exact) mass is 508 g/mol. The Morgan fingerprint density at radius 3 is 2.22 bits per heavy atom. The zero-order valence-corrected chi connectivity index (χ0v) is 24.8. The zero-order valence-electron chi connectivity index (χ0n) is 24.8. The first-order chi connectivity index (χ1) is 17.7. The Morgan fingerprint density at radius 2 is 1.51 bits per heavy atom. The van der Waals surface area contributed by atoms with Crippen LogP contribution in [0.1, 0.15) is 111 Å². The van der Waals surface area contributed by atoms with Crippen molar-refractivity contribution in [2.45, 2.75) is 118 Å². The van der Waals surface area contributed by atoms with Crippen molar-refractivity contribution >= 4 is 0 Å². The van der Waals surface area contributed by atoms with Crippen molar-refractivity contribution < 1.29 is 9.84 Å². The Balaban J connectivity index is 1.30. The van der Waals surface area contributed by atoms with Crippen LogP contribution in [0, 0.1) is 58.2 Å². The number of rotatable bonds is 8. The van der Waals surface area contributed by atoms with Gasteiger partial charge in [0.2, 0.25) is 0 Å². The van der Waals surface area contributed by atoms with Gasteiger partial charge >= 0.3 is 0 Å². The minimum Gasteiger partial charge on any atom is -0.497 e. The van der Waals surface area contributed by atoms with Crippen LogP contribution in [0.5, 0.6) is 5.75 Å². The maximum atomic E-state index is 11.2. The number of hydrogen-bond acceptors (Lipinski definition) is 2. The third kappa shape index (κ3) is 5.03. The van der Waals surface area contributed by atoms with Gasteiger partial charge in [-0.3, -0.25) is 0 Å². The Morgan fingerprint density at radius 1 is 0.838 bits per heavy atom. The van der Waals surface area contributed by atoms with E-state index in [1.165, 1.54) is 69.8 Å². The normalized spacial score (nSPS) is 42.1. The van der Waals surface area contributed by atoms with Gasteiger partial charge in [0.05, 0.1) is 13.2 Å². The smallest absolute Gasteiger partial charge is 0.118 e. The van der Waals surface area contributed by atoms with Gasteiger partial charge in [0.1, 0.15) is 5.75 Å². The van der Waals surface area contributed by atoms with Crippen molar-refractivity contribution in [3.8, 4) is 5.75 Å². The third-order valence-corrected chi connectivity index (χ3v) is 12.8. The molecule has 4 fully saturated rings. The van der Waals surface area contributed by atoms with Crippen LogP contribution >= 0.6 is 0 Å². The highest BCUT2D eigenvalue weighted by molar-refractivity contribution is 5.28. The summed E-state index contributed by atoms with van der Waals surface area (Å²) in [6.45, 7) is 12.7. The quantitative estimate of drug-likeness (QED) is 0.380. The van der Waals surface area contributed by atoms with E-state index in [1.807, 2.05) is 0 Å². The molecular formula is C35H56O2. The molecule has 1 aromatic rings. The number of benzene rings is 1. The summed E-state index contributed by atoms with van der Waals surface area (Å²) in [5.74, 6) is 7.38. The van der Waals surface area contributed by atoms with E-state index in [4.69, 9.17) is 4.74 Å². The van der Waals surface area contributed by atoms with Crippen LogP contribution < -0.4 is 4.74 Å². The number of methoxy groups -OCH3 is 1. The highest BCUT2D eigenvalue weighted by Gasteiger charge is 2.61. The fourth-order valence-electron chi connectivity index (χ4n) is 10.8. The lowest BCUT2D eigenvalue weighted by Crippen LogP contribution is -2.57. The molecule has 0 saturated heterocycles. The average Bonchev–Trinajstić information content (AvgIpc) is 3.23. The number of ether oxygens (including phenoxy) is 1. The van der Waals surface area contributed by atoms with Gasteiger partial charge in [-0.1, -0.05) is 66.0 Å². The van der Waals surface area contributed by atoms with Gasteiger partial charge in [-0.05, 0) is 134 Å². The second-order valence-electron chi connectivity index (χ2n) is 14.9. The molecule has 4 saturated carbocycles. The molecule has 4 aliphatic carbocycles. The summed E-state index contributed by atoms with van der Waals surface area (Å²) in [4.78, 5) is 0. The van der Waals surface area contributed by atoms with E-state index in [2.05, 4.69) is 58.9 Å². The number of aliphatic hydroxyl groups excluding tert-OH is 1. The number of fused-ring (bicyclic) bond motifs is 5. The molecule has 208 valence electrons. The summed E-state index contributed by atoms with van der Waals surface area (Å²) in [6, 6.07) is 8.61. The molecule has 37 heavy (non-hydrogen) atoms. The molecule has 4 aliphatic rings. The summed E-state index contributed by atoms with van der Waals surface area (Å²) in [7, 11) is 1.74. The van der Waals surface area contributed by atoms with E-state index in [0.29, 0.717) is 22.7 Å². The lowest BCUT2D eigenvalue weighted by atomic mass is 9.42. The first kappa shape index (κ1) is 27.5. The molecule has 2 nitrogen and oxygen atoms in total. The fourth-order valence-corrected chi connectivity index (χ4v) is 10.8. The van der Waals surface area contributed by atoms with Crippen LogP contribution in [0.3, 0.4) is 0 Å². The van der Waals surface area contributed by atoms with Gasteiger partial charge in [0, 0.05) is 0 Å². The molecule has 10 atom stereocenters. The van der Waals surface area contributed by atoms with Gasteiger partial charge < -0.3 is 9.84 Å². The highest BCUT2D eigenvalue weighted by Crippen LogP contribution is 2.69. The lowest BCUT2D eigenvalue weighted by molar-refractivity contribution is -0.152.